The lowest BCUT2D eigenvalue weighted by Crippen LogP contribution is -1.99. The molecule has 0 aliphatic rings. The highest BCUT2D eigenvalue weighted by Crippen LogP contribution is 1.89. The van der Waals surface area contributed by atoms with Crippen LogP contribution in [-0.4, -0.2) is 22.2 Å². The molecule has 2 N–H and O–H groups in total. The number of hydrogen-bond acceptors (Lipinski definition) is 2. The Hall–Kier alpha value is -1.32. The van der Waals surface area contributed by atoms with E-state index >= 15 is 0 Å². The fourth-order valence-corrected chi connectivity index (χ4v) is 0.247. The Kier molecular flexibility index (Phi) is 9.60. The zero-order valence-electron chi connectivity index (χ0n) is 8.20. The number of carboxylic acid groups (broad SMARTS) is 2. The van der Waals surface area contributed by atoms with E-state index in [4.69, 9.17) is 10.2 Å². The maximum Gasteiger partial charge on any atom is 0.331 e. The van der Waals surface area contributed by atoms with Gasteiger partial charge >= 0.3 is 11.9 Å². The molecule has 0 aromatic rings. The van der Waals surface area contributed by atoms with Crippen molar-refractivity contribution < 1.29 is 19.8 Å². The van der Waals surface area contributed by atoms with E-state index in [1.807, 2.05) is 0 Å². The molecule has 0 heterocycles. The Morgan fingerprint density at radius 2 is 1.54 bits per heavy atom. The number of carbonyl (C=O) groups is 2. The van der Waals surface area contributed by atoms with E-state index in [1.165, 1.54) is 19.8 Å². The summed E-state index contributed by atoms with van der Waals surface area (Å²) in [5, 5.41) is 16.1. The van der Waals surface area contributed by atoms with E-state index in [9.17, 15) is 9.59 Å². The Morgan fingerprint density at radius 3 is 1.62 bits per heavy atom. The second-order valence-electron chi connectivity index (χ2n) is 2.47. The first kappa shape index (κ1) is 14.2. The highest BCUT2D eigenvalue weighted by Gasteiger charge is 2.00. The van der Waals surface area contributed by atoms with Gasteiger partial charge in [-0.1, -0.05) is 26.7 Å². The first-order valence-electron chi connectivity index (χ1n) is 4.10. The van der Waals surface area contributed by atoms with Crippen molar-refractivity contribution in [1.82, 2.24) is 0 Å². The predicted molar refractivity (Wildman–Crippen MR) is 49.6 cm³/mol. The lowest BCUT2D eigenvalue weighted by Gasteiger charge is -1.86. The highest BCUT2D eigenvalue weighted by molar-refractivity contribution is 5.93. The van der Waals surface area contributed by atoms with Crippen molar-refractivity contribution in [2.75, 3.05) is 0 Å². The Bertz CT molecular complexity index is 192. The van der Waals surface area contributed by atoms with Crippen LogP contribution in [-0.2, 0) is 9.59 Å². The van der Waals surface area contributed by atoms with Crippen molar-refractivity contribution in [3.05, 3.63) is 11.6 Å². The molecule has 0 spiro atoms. The number of hydrogen-bond donors (Lipinski definition) is 2. The van der Waals surface area contributed by atoms with Crippen LogP contribution >= 0.6 is 0 Å². The van der Waals surface area contributed by atoms with E-state index in [1.54, 1.807) is 0 Å². The van der Waals surface area contributed by atoms with Crippen LogP contribution in [0.5, 0.6) is 0 Å². The summed E-state index contributed by atoms with van der Waals surface area (Å²) in [5.74, 6) is -2.45. The van der Waals surface area contributed by atoms with Crippen molar-refractivity contribution >= 4 is 11.9 Å². The van der Waals surface area contributed by atoms with Crippen LogP contribution in [0.1, 0.15) is 33.6 Å². The van der Waals surface area contributed by atoms with Gasteiger partial charge in [-0.3, -0.25) is 0 Å². The van der Waals surface area contributed by atoms with Crippen molar-refractivity contribution in [3.63, 3.8) is 0 Å². The number of aliphatic carboxylic acids is 2. The average Bonchev–Trinajstić information content (AvgIpc) is 2.03. The molecule has 0 aliphatic heterocycles. The summed E-state index contributed by atoms with van der Waals surface area (Å²) >= 11 is 0. The largest absolute Gasteiger partial charge is 0.478 e. The van der Waals surface area contributed by atoms with Gasteiger partial charge in [0.25, 0.3) is 0 Å². The summed E-state index contributed by atoms with van der Waals surface area (Å²) in [6.07, 6.45) is 3.28. The van der Waals surface area contributed by atoms with E-state index < -0.39 is 11.9 Å². The molecule has 0 unspecified atom stereocenters. The van der Waals surface area contributed by atoms with Crippen LogP contribution in [0.2, 0.25) is 0 Å². The molecule has 0 bridgehead atoms. The van der Waals surface area contributed by atoms with Gasteiger partial charge in [-0.05, 0) is 6.92 Å². The number of carboxylic acids is 2. The van der Waals surface area contributed by atoms with Crippen molar-refractivity contribution in [1.29, 1.82) is 0 Å². The topological polar surface area (TPSA) is 74.6 Å². The minimum atomic E-state index is -1.24. The van der Waals surface area contributed by atoms with Crippen LogP contribution in [0.25, 0.3) is 0 Å². The molecule has 0 saturated carbocycles. The molecule has 4 heteroatoms. The van der Waals surface area contributed by atoms with Gasteiger partial charge in [0.15, 0.2) is 0 Å². The Labute approximate surface area is 77.9 Å². The van der Waals surface area contributed by atoms with Gasteiger partial charge in [-0.15, -0.1) is 0 Å². The normalized spacial score (nSPS) is 9.92. The van der Waals surface area contributed by atoms with Gasteiger partial charge in [-0.25, -0.2) is 9.59 Å². The molecular formula is C9H16O4. The molecule has 0 rings (SSSR count). The summed E-state index contributed by atoms with van der Waals surface area (Å²) in [6.45, 7) is 5.58. The van der Waals surface area contributed by atoms with Crippen molar-refractivity contribution in [3.8, 4) is 0 Å². The summed E-state index contributed by atoms with van der Waals surface area (Å²) in [4.78, 5) is 19.7. The molecule has 0 amide bonds. The maximum atomic E-state index is 9.90. The number of rotatable bonds is 3. The van der Waals surface area contributed by atoms with Gasteiger partial charge in [0.05, 0.1) is 0 Å². The second-order valence-corrected chi connectivity index (χ2v) is 2.47. The molecule has 0 aliphatic carbocycles. The van der Waals surface area contributed by atoms with E-state index in [-0.39, 0.29) is 5.57 Å². The smallest absolute Gasteiger partial charge is 0.331 e. The van der Waals surface area contributed by atoms with Gasteiger partial charge in [-0.2, -0.15) is 0 Å². The summed E-state index contributed by atoms with van der Waals surface area (Å²) < 4.78 is 0. The van der Waals surface area contributed by atoms with Gasteiger partial charge < -0.3 is 10.2 Å². The number of unbranched alkanes of at least 4 members (excludes halogenated alkanes) is 1. The zero-order chi connectivity index (χ0) is 10.9. The van der Waals surface area contributed by atoms with E-state index in [0.717, 1.165) is 0 Å². The predicted octanol–water partition coefficient (Wildman–Crippen LogP) is 1.91. The first-order chi connectivity index (χ1) is 5.95. The molecule has 13 heavy (non-hydrogen) atoms. The third-order valence-electron chi connectivity index (χ3n) is 1.18. The average molecular weight is 188 g/mol. The molecular weight excluding hydrogens is 172 g/mol. The summed E-state index contributed by atoms with van der Waals surface area (Å²) in [6, 6.07) is 0. The molecule has 0 fully saturated rings. The highest BCUT2D eigenvalue weighted by atomic mass is 16.4. The third kappa shape index (κ3) is 13.6. The molecule has 76 valence electrons. The minimum Gasteiger partial charge on any atom is -0.478 e. The van der Waals surface area contributed by atoms with Gasteiger partial charge in [0.1, 0.15) is 0 Å². The third-order valence-corrected chi connectivity index (χ3v) is 1.18. The van der Waals surface area contributed by atoms with E-state index in [0.29, 0.717) is 6.08 Å². The molecule has 0 radical (unpaired) electrons. The summed E-state index contributed by atoms with van der Waals surface area (Å²) in [5.41, 5.74) is -0.178. The molecule has 0 atom stereocenters. The van der Waals surface area contributed by atoms with Crippen LogP contribution in [0.4, 0.5) is 0 Å². The molecule has 0 aromatic heterocycles. The second kappa shape index (κ2) is 8.77. The standard InChI is InChI=1S/C5H6O4.C4H10/c1-3(5(8)9)2-4(6)7;1-3-4-2/h2H,1H3,(H,6,7)(H,8,9);3-4H2,1-2H3/b3-2-;. The SMILES string of the molecule is C/C(=C/C(=O)O)C(=O)O.CCCC. The van der Waals surface area contributed by atoms with Gasteiger partial charge in [0.2, 0.25) is 0 Å². The van der Waals surface area contributed by atoms with Crippen LogP contribution in [0, 0.1) is 0 Å². The van der Waals surface area contributed by atoms with Crippen LogP contribution in [0.3, 0.4) is 0 Å². The van der Waals surface area contributed by atoms with Crippen molar-refractivity contribution in [2.24, 2.45) is 0 Å². The Balaban J connectivity index is 0. The molecule has 0 saturated heterocycles. The first-order valence-corrected chi connectivity index (χ1v) is 4.10. The molecule has 0 aromatic carbocycles. The lowest BCUT2D eigenvalue weighted by molar-refractivity contribution is -0.135. The molecule has 4 nitrogen and oxygen atoms in total. The van der Waals surface area contributed by atoms with E-state index in [2.05, 4.69) is 13.8 Å². The minimum absolute atomic E-state index is 0.178. The summed E-state index contributed by atoms with van der Waals surface area (Å²) in [7, 11) is 0. The lowest BCUT2D eigenvalue weighted by atomic mass is 10.3. The fraction of sp³-hybridized carbons (Fsp3) is 0.556. The Morgan fingerprint density at radius 1 is 1.15 bits per heavy atom. The van der Waals surface area contributed by atoms with Crippen molar-refractivity contribution in [2.45, 2.75) is 33.6 Å². The van der Waals surface area contributed by atoms with Crippen LogP contribution < -0.4 is 0 Å². The maximum absolute atomic E-state index is 9.90. The quantitative estimate of drug-likeness (QED) is 0.663. The van der Waals surface area contributed by atoms with Gasteiger partial charge in [0, 0.05) is 11.6 Å². The monoisotopic (exact) mass is 188 g/mol. The van der Waals surface area contributed by atoms with Crippen LogP contribution in [0.15, 0.2) is 11.6 Å². The fourth-order valence-electron chi connectivity index (χ4n) is 0.247. The zero-order valence-corrected chi connectivity index (χ0v) is 8.20.